The molecule has 0 aliphatic carbocycles. The lowest BCUT2D eigenvalue weighted by Crippen LogP contribution is -2.45. The van der Waals surface area contributed by atoms with Crippen LogP contribution in [0.3, 0.4) is 0 Å². The molecule has 3 aromatic rings. The second-order valence-corrected chi connectivity index (χ2v) is 8.68. The van der Waals surface area contributed by atoms with Gasteiger partial charge in [0.2, 0.25) is 0 Å². The van der Waals surface area contributed by atoms with Gasteiger partial charge in [0, 0.05) is 47.6 Å². The number of hydrogen-bond donors (Lipinski definition) is 2. The van der Waals surface area contributed by atoms with Crippen LogP contribution in [0.5, 0.6) is 5.75 Å². The Kier molecular flexibility index (Phi) is 7.28. The number of hydrogen-bond acceptors (Lipinski definition) is 4. The van der Waals surface area contributed by atoms with Crippen LogP contribution in [0.1, 0.15) is 44.7 Å². The lowest BCUT2D eigenvalue weighted by Gasteiger charge is -2.38. The van der Waals surface area contributed by atoms with E-state index in [9.17, 15) is 9.59 Å². The van der Waals surface area contributed by atoms with Gasteiger partial charge >= 0.3 is 0 Å². The van der Waals surface area contributed by atoms with Crippen molar-refractivity contribution in [2.45, 2.75) is 25.2 Å². The molecule has 0 unspecified atom stereocenters. The van der Waals surface area contributed by atoms with E-state index < -0.39 is 0 Å². The Morgan fingerprint density at radius 3 is 2.32 bits per heavy atom. The van der Waals surface area contributed by atoms with Gasteiger partial charge in [0.1, 0.15) is 5.75 Å². The average molecular weight is 459 g/mol. The first kappa shape index (κ1) is 23.5. The van der Waals surface area contributed by atoms with E-state index in [1.807, 2.05) is 42.5 Å². The number of aryl methyl sites for hydroxylation is 1. The zero-order valence-corrected chi connectivity index (χ0v) is 19.6. The molecule has 1 fully saturated rings. The van der Waals surface area contributed by atoms with Crippen LogP contribution in [0.25, 0.3) is 0 Å². The third-order valence-electron chi connectivity index (χ3n) is 6.38. The van der Waals surface area contributed by atoms with Crippen molar-refractivity contribution in [2.75, 3.05) is 32.2 Å². The number of methoxy groups -OCH3 is 1. The van der Waals surface area contributed by atoms with Crippen molar-refractivity contribution in [1.82, 2.24) is 5.32 Å². The number of nitrogens with one attached hydrogen (secondary N) is 2. The molecule has 0 spiro atoms. The number of rotatable bonds is 7. The van der Waals surface area contributed by atoms with Crippen LogP contribution in [-0.4, -0.2) is 38.7 Å². The Hall–Kier alpha value is -3.64. The van der Waals surface area contributed by atoms with Crippen molar-refractivity contribution in [1.29, 1.82) is 0 Å². The first-order valence-electron chi connectivity index (χ1n) is 11.5. The molecule has 6 heteroatoms. The standard InChI is InChI=1S/C28H30N2O4/c1-20-11-12-25(33-2)24(17-20)28(13-15-34-16-14-28)19-29-26(31)21-7-6-8-22(18-21)27(32)30-23-9-4-3-5-10-23/h3-12,17-18H,13-16,19H2,1-2H3,(H,29,31)(H,30,32). The minimum atomic E-state index is -0.284. The number of ether oxygens (including phenoxy) is 2. The van der Waals surface area contributed by atoms with Gasteiger partial charge in [0.05, 0.1) is 7.11 Å². The van der Waals surface area contributed by atoms with Crippen molar-refractivity contribution >= 4 is 17.5 Å². The molecule has 2 N–H and O–H groups in total. The molecule has 34 heavy (non-hydrogen) atoms. The summed E-state index contributed by atoms with van der Waals surface area (Å²) in [5, 5.41) is 5.97. The van der Waals surface area contributed by atoms with E-state index in [0.717, 1.165) is 29.7 Å². The zero-order chi connectivity index (χ0) is 24.0. The predicted molar refractivity (Wildman–Crippen MR) is 133 cm³/mol. The van der Waals surface area contributed by atoms with Crippen LogP contribution >= 0.6 is 0 Å². The number of para-hydroxylation sites is 1. The first-order valence-corrected chi connectivity index (χ1v) is 11.5. The maximum absolute atomic E-state index is 13.1. The van der Waals surface area contributed by atoms with E-state index in [-0.39, 0.29) is 17.2 Å². The Morgan fingerprint density at radius 1 is 0.912 bits per heavy atom. The second kappa shape index (κ2) is 10.5. The number of benzene rings is 3. The van der Waals surface area contributed by atoms with E-state index in [0.29, 0.717) is 36.6 Å². The lowest BCUT2D eigenvalue weighted by molar-refractivity contribution is 0.0479. The van der Waals surface area contributed by atoms with E-state index in [1.165, 1.54) is 0 Å². The molecule has 3 aromatic carbocycles. The Morgan fingerprint density at radius 2 is 1.62 bits per heavy atom. The molecule has 0 saturated carbocycles. The minimum absolute atomic E-state index is 0.216. The lowest BCUT2D eigenvalue weighted by atomic mass is 9.73. The number of carbonyl (C=O) groups is 2. The van der Waals surface area contributed by atoms with E-state index in [2.05, 4.69) is 23.6 Å². The van der Waals surface area contributed by atoms with Gasteiger partial charge in [0.25, 0.3) is 11.8 Å². The summed E-state index contributed by atoms with van der Waals surface area (Å²) in [5.41, 5.74) is 3.53. The fourth-order valence-corrected chi connectivity index (χ4v) is 4.42. The molecular formula is C28H30N2O4. The quantitative estimate of drug-likeness (QED) is 0.537. The SMILES string of the molecule is COc1ccc(C)cc1C1(CNC(=O)c2cccc(C(=O)Nc3ccccc3)c2)CCOCC1. The zero-order valence-electron chi connectivity index (χ0n) is 19.6. The predicted octanol–water partition coefficient (Wildman–Crippen LogP) is 4.73. The molecule has 0 radical (unpaired) electrons. The second-order valence-electron chi connectivity index (χ2n) is 8.68. The Labute approximate surface area is 200 Å². The van der Waals surface area contributed by atoms with Gasteiger partial charge < -0.3 is 20.1 Å². The molecule has 1 heterocycles. The fourth-order valence-electron chi connectivity index (χ4n) is 4.42. The molecule has 1 aliphatic heterocycles. The molecule has 1 aliphatic rings. The average Bonchev–Trinajstić information content (AvgIpc) is 2.88. The molecule has 0 aromatic heterocycles. The number of carbonyl (C=O) groups excluding carboxylic acids is 2. The van der Waals surface area contributed by atoms with Gasteiger partial charge in [0.15, 0.2) is 0 Å². The van der Waals surface area contributed by atoms with Gasteiger partial charge in [-0.05, 0) is 56.2 Å². The monoisotopic (exact) mass is 458 g/mol. The Bertz CT molecular complexity index is 1150. The van der Waals surface area contributed by atoms with Crippen molar-refractivity contribution in [3.63, 3.8) is 0 Å². The van der Waals surface area contributed by atoms with E-state index >= 15 is 0 Å². The van der Waals surface area contributed by atoms with Gasteiger partial charge in [-0.25, -0.2) is 0 Å². The smallest absolute Gasteiger partial charge is 0.255 e. The van der Waals surface area contributed by atoms with Crippen molar-refractivity contribution < 1.29 is 19.1 Å². The summed E-state index contributed by atoms with van der Waals surface area (Å²) in [4.78, 5) is 25.8. The molecule has 0 atom stereocenters. The van der Waals surface area contributed by atoms with Crippen LogP contribution in [0.15, 0.2) is 72.8 Å². The van der Waals surface area contributed by atoms with E-state index in [1.54, 1.807) is 31.4 Å². The van der Waals surface area contributed by atoms with Crippen LogP contribution in [0.4, 0.5) is 5.69 Å². The van der Waals surface area contributed by atoms with Crippen LogP contribution < -0.4 is 15.4 Å². The molecule has 2 amide bonds. The maximum atomic E-state index is 13.1. The third kappa shape index (κ3) is 5.29. The summed E-state index contributed by atoms with van der Waals surface area (Å²) in [6.07, 6.45) is 1.57. The molecule has 1 saturated heterocycles. The number of amides is 2. The highest BCUT2D eigenvalue weighted by molar-refractivity contribution is 6.06. The topological polar surface area (TPSA) is 76.7 Å². The third-order valence-corrected chi connectivity index (χ3v) is 6.38. The maximum Gasteiger partial charge on any atom is 0.255 e. The van der Waals surface area contributed by atoms with Gasteiger partial charge in [-0.1, -0.05) is 42.0 Å². The minimum Gasteiger partial charge on any atom is -0.496 e. The number of anilines is 1. The molecule has 6 nitrogen and oxygen atoms in total. The van der Waals surface area contributed by atoms with Gasteiger partial charge in [-0.2, -0.15) is 0 Å². The first-order chi connectivity index (χ1) is 16.5. The molecule has 4 rings (SSSR count). The van der Waals surface area contributed by atoms with Gasteiger partial charge in [-0.15, -0.1) is 0 Å². The van der Waals surface area contributed by atoms with Crippen molar-refractivity contribution in [3.05, 3.63) is 95.1 Å². The van der Waals surface area contributed by atoms with Crippen LogP contribution in [0.2, 0.25) is 0 Å². The summed E-state index contributed by atoms with van der Waals surface area (Å²) < 4.78 is 11.3. The highest BCUT2D eigenvalue weighted by atomic mass is 16.5. The summed E-state index contributed by atoms with van der Waals surface area (Å²) in [6, 6.07) is 22.2. The summed E-state index contributed by atoms with van der Waals surface area (Å²) in [6.45, 7) is 3.76. The van der Waals surface area contributed by atoms with Crippen LogP contribution in [0, 0.1) is 6.92 Å². The highest BCUT2D eigenvalue weighted by Crippen LogP contribution is 2.40. The summed E-state index contributed by atoms with van der Waals surface area (Å²) in [7, 11) is 1.67. The molecular weight excluding hydrogens is 428 g/mol. The van der Waals surface area contributed by atoms with Crippen molar-refractivity contribution in [2.24, 2.45) is 0 Å². The van der Waals surface area contributed by atoms with Crippen LogP contribution in [-0.2, 0) is 10.2 Å². The summed E-state index contributed by atoms with van der Waals surface area (Å²) in [5.74, 6) is 0.347. The van der Waals surface area contributed by atoms with Gasteiger partial charge in [-0.3, -0.25) is 9.59 Å². The summed E-state index contributed by atoms with van der Waals surface area (Å²) >= 11 is 0. The van der Waals surface area contributed by atoms with Crippen molar-refractivity contribution in [3.8, 4) is 5.75 Å². The molecule has 0 bridgehead atoms. The van der Waals surface area contributed by atoms with E-state index in [4.69, 9.17) is 9.47 Å². The fraction of sp³-hybridized carbons (Fsp3) is 0.286. The molecule has 176 valence electrons. The highest BCUT2D eigenvalue weighted by Gasteiger charge is 2.37. The normalized spacial score (nSPS) is 14.8. The largest absolute Gasteiger partial charge is 0.496 e. The Balaban J connectivity index is 1.51.